The molecule has 0 fully saturated rings. The second kappa shape index (κ2) is 6.45. The van der Waals surface area contributed by atoms with Gasteiger partial charge in [0.1, 0.15) is 22.9 Å². The summed E-state index contributed by atoms with van der Waals surface area (Å²) in [5.74, 6) is 1.57. The zero-order chi connectivity index (χ0) is 13.7. The third-order valence-corrected chi connectivity index (χ3v) is 2.95. The van der Waals surface area contributed by atoms with Crippen molar-refractivity contribution >= 4 is 18.0 Å². The number of anilines is 1. The minimum atomic E-state index is 0.185. The first kappa shape index (κ1) is 13.7. The summed E-state index contributed by atoms with van der Waals surface area (Å²) in [6.07, 6.45) is 0. The van der Waals surface area contributed by atoms with Crippen molar-refractivity contribution in [2.75, 3.05) is 12.4 Å². The summed E-state index contributed by atoms with van der Waals surface area (Å²) in [4.78, 5) is 7.37. The molecule has 0 bridgehead atoms. The van der Waals surface area contributed by atoms with Gasteiger partial charge >= 0.3 is 0 Å². The lowest BCUT2D eigenvalue weighted by atomic mass is 10.1. The Morgan fingerprint density at radius 1 is 1.37 bits per heavy atom. The van der Waals surface area contributed by atoms with Gasteiger partial charge in [0.25, 0.3) is 0 Å². The smallest absolute Gasteiger partial charge is 0.135 e. The SMILES string of the molecule is COCc1nc(=S)cc(NC(C)c2ccccc2)[nH]1. The molecular weight excluding hydrogens is 258 g/mol. The van der Waals surface area contributed by atoms with Crippen LogP contribution in [0, 0.1) is 4.64 Å². The summed E-state index contributed by atoms with van der Waals surface area (Å²) < 4.78 is 5.61. The number of nitrogens with zero attached hydrogens (tertiary/aromatic N) is 1. The first-order valence-electron chi connectivity index (χ1n) is 6.09. The summed E-state index contributed by atoms with van der Waals surface area (Å²) >= 11 is 5.14. The van der Waals surface area contributed by atoms with Gasteiger partial charge in [-0.05, 0) is 12.5 Å². The minimum Gasteiger partial charge on any atom is -0.377 e. The van der Waals surface area contributed by atoms with E-state index in [0.717, 1.165) is 11.6 Å². The topological polar surface area (TPSA) is 49.9 Å². The molecule has 1 heterocycles. The summed E-state index contributed by atoms with van der Waals surface area (Å²) in [5.41, 5.74) is 1.21. The van der Waals surface area contributed by atoms with E-state index in [0.29, 0.717) is 11.2 Å². The lowest BCUT2D eigenvalue weighted by Gasteiger charge is -2.16. The van der Waals surface area contributed by atoms with E-state index >= 15 is 0 Å². The maximum absolute atomic E-state index is 5.14. The number of hydrogen-bond acceptors (Lipinski definition) is 4. The fraction of sp³-hybridized carbons (Fsp3) is 0.286. The predicted octanol–water partition coefficient (Wildman–Crippen LogP) is 3.46. The number of H-pyrrole nitrogens is 1. The summed E-state index contributed by atoms with van der Waals surface area (Å²) in [6.45, 7) is 2.52. The number of aromatic nitrogens is 2. The second-order valence-corrected chi connectivity index (χ2v) is 4.71. The van der Waals surface area contributed by atoms with Gasteiger partial charge in [-0.3, -0.25) is 0 Å². The van der Waals surface area contributed by atoms with E-state index in [9.17, 15) is 0 Å². The monoisotopic (exact) mass is 275 g/mol. The van der Waals surface area contributed by atoms with Crippen LogP contribution >= 0.6 is 12.2 Å². The number of benzene rings is 1. The zero-order valence-electron chi connectivity index (χ0n) is 11.0. The normalized spacial score (nSPS) is 12.1. The lowest BCUT2D eigenvalue weighted by molar-refractivity contribution is 0.178. The molecule has 0 saturated carbocycles. The van der Waals surface area contributed by atoms with Crippen LogP contribution in [-0.4, -0.2) is 17.1 Å². The number of nitrogens with one attached hydrogen (secondary N) is 2. The molecule has 5 heteroatoms. The van der Waals surface area contributed by atoms with Crippen molar-refractivity contribution in [3.63, 3.8) is 0 Å². The van der Waals surface area contributed by atoms with E-state index in [2.05, 4.69) is 34.3 Å². The van der Waals surface area contributed by atoms with E-state index in [1.807, 2.05) is 24.3 Å². The Morgan fingerprint density at radius 3 is 2.79 bits per heavy atom. The molecule has 2 rings (SSSR count). The molecule has 1 aromatic carbocycles. The van der Waals surface area contributed by atoms with E-state index in [-0.39, 0.29) is 6.04 Å². The van der Waals surface area contributed by atoms with Crippen molar-refractivity contribution in [1.29, 1.82) is 0 Å². The third-order valence-electron chi connectivity index (χ3n) is 2.74. The number of ether oxygens (including phenoxy) is 1. The fourth-order valence-corrected chi connectivity index (χ4v) is 2.08. The molecule has 1 atom stereocenters. The average molecular weight is 275 g/mol. The summed E-state index contributed by atoms with van der Waals surface area (Å²) in [6, 6.07) is 12.2. The standard InChI is InChI=1S/C14H17N3OS/c1-10(11-6-4-3-5-7-11)15-12-8-14(19)17-13(16-12)9-18-2/h3-8,10H,9H2,1-2H3,(H2,15,16,17,19). The van der Waals surface area contributed by atoms with Crippen LogP contribution in [0.1, 0.15) is 24.4 Å². The molecule has 0 radical (unpaired) electrons. The Morgan fingerprint density at radius 2 is 2.11 bits per heavy atom. The minimum absolute atomic E-state index is 0.185. The van der Waals surface area contributed by atoms with Crippen LogP contribution in [0.25, 0.3) is 0 Å². The lowest BCUT2D eigenvalue weighted by Crippen LogP contribution is -2.09. The average Bonchev–Trinajstić information content (AvgIpc) is 2.39. The van der Waals surface area contributed by atoms with Crippen molar-refractivity contribution in [2.45, 2.75) is 19.6 Å². The summed E-state index contributed by atoms with van der Waals surface area (Å²) in [7, 11) is 1.63. The molecule has 4 nitrogen and oxygen atoms in total. The molecule has 19 heavy (non-hydrogen) atoms. The largest absolute Gasteiger partial charge is 0.377 e. The highest BCUT2D eigenvalue weighted by Gasteiger charge is 2.06. The molecule has 1 aromatic heterocycles. The molecule has 2 aromatic rings. The Labute approximate surface area is 117 Å². The Bertz CT molecular complexity index is 583. The molecule has 2 N–H and O–H groups in total. The summed E-state index contributed by atoms with van der Waals surface area (Å²) in [5, 5.41) is 3.38. The highest BCUT2D eigenvalue weighted by Crippen LogP contribution is 2.17. The molecule has 0 saturated heterocycles. The quantitative estimate of drug-likeness (QED) is 0.820. The van der Waals surface area contributed by atoms with E-state index in [1.165, 1.54) is 5.56 Å². The fourth-order valence-electron chi connectivity index (χ4n) is 1.85. The van der Waals surface area contributed by atoms with Gasteiger partial charge in [0.15, 0.2) is 0 Å². The molecule has 100 valence electrons. The van der Waals surface area contributed by atoms with Crippen molar-refractivity contribution < 1.29 is 4.74 Å². The van der Waals surface area contributed by atoms with Crippen molar-refractivity contribution in [2.24, 2.45) is 0 Å². The van der Waals surface area contributed by atoms with Gasteiger partial charge in [0.2, 0.25) is 0 Å². The molecule has 0 aliphatic carbocycles. The van der Waals surface area contributed by atoms with Gasteiger partial charge in [-0.2, -0.15) is 0 Å². The van der Waals surface area contributed by atoms with Gasteiger partial charge in [-0.15, -0.1) is 0 Å². The van der Waals surface area contributed by atoms with Crippen LogP contribution < -0.4 is 5.32 Å². The van der Waals surface area contributed by atoms with Gasteiger partial charge in [-0.25, -0.2) is 4.98 Å². The molecule has 0 spiro atoms. The number of aromatic amines is 1. The van der Waals surface area contributed by atoms with Gasteiger partial charge in [0, 0.05) is 19.2 Å². The van der Waals surface area contributed by atoms with Gasteiger partial charge in [-0.1, -0.05) is 42.5 Å². The van der Waals surface area contributed by atoms with Crippen LogP contribution in [0.15, 0.2) is 36.4 Å². The first-order chi connectivity index (χ1) is 9.19. The molecular formula is C14H17N3OS. The van der Waals surface area contributed by atoms with Crippen molar-refractivity contribution in [3.8, 4) is 0 Å². The van der Waals surface area contributed by atoms with Crippen molar-refractivity contribution in [3.05, 3.63) is 52.4 Å². The molecule has 0 aliphatic rings. The van der Waals surface area contributed by atoms with Crippen LogP contribution in [0.4, 0.5) is 5.82 Å². The Hall–Kier alpha value is -1.72. The van der Waals surface area contributed by atoms with Crippen LogP contribution in [0.3, 0.4) is 0 Å². The van der Waals surface area contributed by atoms with Gasteiger partial charge in [0.05, 0.1) is 0 Å². The highest BCUT2D eigenvalue weighted by atomic mass is 32.1. The molecule has 1 unspecified atom stereocenters. The van der Waals surface area contributed by atoms with E-state index in [4.69, 9.17) is 17.0 Å². The number of rotatable bonds is 5. The van der Waals surface area contributed by atoms with E-state index < -0.39 is 0 Å². The molecule has 0 aliphatic heterocycles. The predicted molar refractivity (Wildman–Crippen MR) is 78.6 cm³/mol. The first-order valence-corrected chi connectivity index (χ1v) is 6.50. The van der Waals surface area contributed by atoms with Crippen LogP contribution in [-0.2, 0) is 11.3 Å². The van der Waals surface area contributed by atoms with E-state index in [1.54, 1.807) is 7.11 Å². The Balaban J connectivity index is 2.17. The zero-order valence-corrected chi connectivity index (χ0v) is 11.8. The maximum Gasteiger partial charge on any atom is 0.135 e. The van der Waals surface area contributed by atoms with Crippen LogP contribution in [0.5, 0.6) is 0 Å². The Kier molecular flexibility index (Phi) is 4.65. The second-order valence-electron chi connectivity index (χ2n) is 4.29. The third kappa shape index (κ3) is 3.87. The van der Waals surface area contributed by atoms with Crippen LogP contribution in [0.2, 0.25) is 0 Å². The highest BCUT2D eigenvalue weighted by molar-refractivity contribution is 7.71. The number of methoxy groups -OCH3 is 1. The van der Waals surface area contributed by atoms with Gasteiger partial charge < -0.3 is 15.0 Å². The van der Waals surface area contributed by atoms with Crippen molar-refractivity contribution in [1.82, 2.24) is 9.97 Å². The number of hydrogen-bond donors (Lipinski definition) is 2. The molecule has 0 amide bonds. The maximum atomic E-state index is 5.14.